The van der Waals surface area contributed by atoms with E-state index in [-0.39, 0.29) is 18.3 Å². The normalized spacial score (nSPS) is 17.8. The third-order valence-corrected chi connectivity index (χ3v) is 3.70. The minimum Gasteiger partial charge on any atom is -0.318 e. The molecule has 1 fully saturated rings. The first-order valence-electron chi connectivity index (χ1n) is 7.36. The third-order valence-electron chi connectivity index (χ3n) is 3.70. The number of aromatic nitrogens is 4. The number of anilines is 1. The first kappa shape index (κ1) is 16.5. The van der Waals surface area contributed by atoms with Gasteiger partial charge in [0.1, 0.15) is 0 Å². The van der Waals surface area contributed by atoms with Crippen molar-refractivity contribution < 1.29 is 4.79 Å². The van der Waals surface area contributed by atoms with Gasteiger partial charge in [0.15, 0.2) is 5.69 Å². The lowest BCUT2D eigenvalue weighted by Crippen LogP contribution is -2.32. The molecule has 8 heteroatoms. The highest BCUT2D eigenvalue weighted by Gasteiger charge is 2.17. The fourth-order valence-corrected chi connectivity index (χ4v) is 2.52. The van der Waals surface area contributed by atoms with Crippen molar-refractivity contribution in [2.75, 3.05) is 18.4 Å². The molecule has 0 bridgehead atoms. The Balaban J connectivity index is 0.00000176. The molecular weight excluding hydrogens is 304 g/mol. The second kappa shape index (κ2) is 7.42. The van der Waals surface area contributed by atoms with Crippen molar-refractivity contribution in [2.45, 2.75) is 32.4 Å². The van der Waals surface area contributed by atoms with E-state index in [1.165, 1.54) is 0 Å². The molecule has 0 saturated carbocycles. The molecule has 2 aromatic rings. The third kappa shape index (κ3) is 3.66. The predicted molar refractivity (Wildman–Crippen MR) is 86.5 cm³/mol. The molecule has 2 N–H and O–H groups in total. The van der Waals surface area contributed by atoms with Crippen molar-refractivity contribution in [3.63, 3.8) is 0 Å². The van der Waals surface area contributed by atoms with Gasteiger partial charge in [-0.1, -0.05) is 0 Å². The SMILES string of the molecule is CCn1cc(NC(=O)c2ccn(C3CCCNC3)n2)cn1.Cl. The summed E-state index contributed by atoms with van der Waals surface area (Å²) in [5.74, 6) is -0.201. The van der Waals surface area contributed by atoms with Gasteiger partial charge in [0.05, 0.1) is 17.9 Å². The maximum Gasteiger partial charge on any atom is 0.276 e. The zero-order chi connectivity index (χ0) is 14.7. The van der Waals surface area contributed by atoms with Gasteiger partial charge in [-0.3, -0.25) is 14.2 Å². The van der Waals surface area contributed by atoms with Gasteiger partial charge in [0.25, 0.3) is 5.91 Å². The van der Waals surface area contributed by atoms with Crippen LogP contribution in [0.25, 0.3) is 0 Å². The van der Waals surface area contributed by atoms with Gasteiger partial charge in [-0.15, -0.1) is 12.4 Å². The van der Waals surface area contributed by atoms with Gasteiger partial charge in [-0.25, -0.2) is 0 Å². The number of nitrogens with one attached hydrogen (secondary N) is 2. The fraction of sp³-hybridized carbons (Fsp3) is 0.500. The number of carbonyl (C=O) groups is 1. The van der Waals surface area contributed by atoms with Crippen molar-refractivity contribution in [3.05, 3.63) is 30.4 Å². The topological polar surface area (TPSA) is 76.8 Å². The van der Waals surface area contributed by atoms with Crippen LogP contribution < -0.4 is 10.6 Å². The zero-order valence-corrected chi connectivity index (χ0v) is 13.3. The average molecular weight is 325 g/mol. The van der Waals surface area contributed by atoms with Crippen molar-refractivity contribution in [2.24, 2.45) is 0 Å². The summed E-state index contributed by atoms with van der Waals surface area (Å²) in [6, 6.07) is 2.09. The van der Waals surface area contributed by atoms with Crippen LogP contribution in [0, 0.1) is 0 Å². The monoisotopic (exact) mass is 324 g/mol. The lowest BCUT2D eigenvalue weighted by molar-refractivity contribution is 0.102. The first-order chi connectivity index (χ1) is 10.3. The summed E-state index contributed by atoms with van der Waals surface area (Å²) in [6.07, 6.45) is 7.56. The number of nitrogens with zero attached hydrogens (tertiary/aromatic N) is 4. The summed E-state index contributed by atoms with van der Waals surface area (Å²) in [7, 11) is 0. The molecule has 120 valence electrons. The van der Waals surface area contributed by atoms with Crippen LogP contribution in [-0.4, -0.2) is 38.6 Å². The van der Waals surface area contributed by atoms with E-state index in [4.69, 9.17) is 0 Å². The average Bonchev–Trinajstić information content (AvgIpc) is 3.17. The second-order valence-corrected chi connectivity index (χ2v) is 5.22. The summed E-state index contributed by atoms with van der Waals surface area (Å²) in [5.41, 5.74) is 1.13. The summed E-state index contributed by atoms with van der Waals surface area (Å²) in [5, 5.41) is 14.7. The Bertz CT molecular complexity index is 616. The molecule has 0 radical (unpaired) electrons. The van der Waals surface area contributed by atoms with Crippen molar-refractivity contribution in [3.8, 4) is 0 Å². The van der Waals surface area contributed by atoms with E-state index in [1.807, 2.05) is 17.8 Å². The Morgan fingerprint density at radius 3 is 3.09 bits per heavy atom. The molecule has 0 aromatic carbocycles. The van der Waals surface area contributed by atoms with Gasteiger partial charge in [-0.2, -0.15) is 10.2 Å². The Hall–Kier alpha value is -1.86. The van der Waals surface area contributed by atoms with Gasteiger partial charge < -0.3 is 10.6 Å². The van der Waals surface area contributed by atoms with Crippen LogP contribution in [-0.2, 0) is 6.54 Å². The van der Waals surface area contributed by atoms with Crippen molar-refractivity contribution in [1.29, 1.82) is 0 Å². The van der Waals surface area contributed by atoms with E-state index in [1.54, 1.807) is 23.1 Å². The van der Waals surface area contributed by atoms with Crippen molar-refractivity contribution in [1.82, 2.24) is 24.9 Å². The largest absolute Gasteiger partial charge is 0.318 e. The smallest absolute Gasteiger partial charge is 0.276 e. The molecule has 0 spiro atoms. The van der Waals surface area contributed by atoms with E-state index >= 15 is 0 Å². The zero-order valence-electron chi connectivity index (χ0n) is 12.5. The number of hydrogen-bond acceptors (Lipinski definition) is 4. The van der Waals surface area contributed by atoms with E-state index in [9.17, 15) is 4.79 Å². The Labute approximate surface area is 135 Å². The fourth-order valence-electron chi connectivity index (χ4n) is 2.52. The highest BCUT2D eigenvalue weighted by Crippen LogP contribution is 2.16. The first-order valence-corrected chi connectivity index (χ1v) is 7.36. The van der Waals surface area contributed by atoms with Gasteiger partial charge in [0.2, 0.25) is 0 Å². The van der Waals surface area contributed by atoms with Crippen LogP contribution in [0.3, 0.4) is 0 Å². The molecule has 1 amide bonds. The highest BCUT2D eigenvalue weighted by atomic mass is 35.5. The summed E-state index contributed by atoms with van der Waals surface area (Å²) >= 11 is 0. The van der Waals surface area contributed by atoms with E-state index in [0.717, 1.165) is 32.5 Å². The minimum atomic E-state index is -0.201. The summed E-state index contributed by atoms with van der Waals surface area (Å²) in [6.45, 7) is 4.75. The second-order valence-electron chi connectivity index (χ2n) is 5.22. The molecule has 7 nitrogen and oxygen atoms in total. The van der Waals surface area contributed by atoms with Crippen LogP contribution >= 0.6 is 12.4 Å². The van der Waals surface area contributed by atoms with Gasteiger partial charge in [0, 0.05) is 25.5 Å². The van der Waals surface area contributed by atoms with Gasteiger partial charge in [-0.05, 0) is 32.4 Å². The highest BCUT2D eigenvalue weighted by molar-refractivity contribution is 6.02. The maximum absolute atomic E-state index is 12.2. The number of rotatable bonds is 4. The molecule has 0 aliphatic carbocycles. The van der Waals surface area contributed by atoms with Crippen LogP contribution in [0.4, 0.5) is 5.69 Å². The van der Waals surface area contributed by atoms with Gasteiger partial charge >= 0.3 is 0 Å². The number of aryl methyl sites for hydroxylation is 1. The quantitative estimate of drug-likeness (QED) is 0.897. The molecular formula is C14H21ClN6O. The molecule has 1 aliphatic rings. The summed E-state index contributed by atoms with van der Waals surface area (Å²) in [4.78, 5) is 12.2. The van der Waals surface area contributed by atoms with Crippen LogP contribution in [0.5, 0.6) is 0 Å². The Morgan fingerprint density at radius 2 is 2.41 bits per heavy atom. The summed E-state index contributed by atoms with van der Waals surface area (Å²) < 4.78 is 3.65. The number of piperidine rings is 1. The number of halogens is 1. The standard InChI is InChI=1S/C14H20N6O.ClH/c1-2-19-10-11(8-16-19)17-14(21)13-5-7-20(18-13)12-4-3-6-15-9-12;/h5,7-8,10,12,15H,2-4,6,9H2,1H3,(H,17,21);1H. The molecule has 1 aliphatic heterocycles. The molecule has 22 heavy (non-hydrogen) atoms. The minimum absolute atomic E-state index is 0. The molecule has 1 unspecified atom stereocenters. The number of amides is 1. The molecule has 3 heterocycles. The lowest BCUT2D eigenvalue weighted by Gasteiger charge is -2.22. The number of carbonyl (C=O) groups excluding carboxylic acids is 1. The van der Waals surface area contributed by atoms with Crippen LogP contribution in [0.1, 0.15) is 36.3 Å². The van der Waals surface area contributed by atoms with Crippen LogP contribution in [0.15, 0.2) is 24.7 Å². The lowest BCUT2D eigenvalue weighted by atomic mass is 10.1. The maximum atomic E-state index is 12.2. The van der Waals surface area contributed by atoms with E-state index in [0.29, 0.717) is 17.4 Å². The van der Waals surface area contributed by atoms with Crippen molar-refractivity contribution >= 4 is 24.0 Å². The molecule has 2 aromatic heterocycles. The molecule has 3 rings (SSSR count). The Kier molecular flexibility index (Phi) is 5.57. The molecule has 1 atom stereocenters. The van der Waals surface area contributed by atoms with E-state index in [2.05, 4.69) is 20.8 Å². The Morgan fingerprint density at radius 1 is 1.55 bits per heavy atom. The van der Waals surface area contributed by atoms with Crippen LogP contribution in [0.2, 0.25) is 0 Å². The van der Waals surface area contributed by atoms with E-state index < -0.39 is 0 Å². The molecule has 1 saturated heterocycles. The predicted octanol–water partition coefficient (Wildman–Crippen LogP) is 1.70. The number of hydrogen-bond donors (Lipinski definition) is 2.